The number of carboxylic acid groups (broad SMARTS) is 1. The summed E-state index contributed by atoms with van der Waals surface area (Å²) in [6.07, 6.45) is 3.01. The van der Waals surface area contributed by atoms with Crippen LogP contribution in [0.15, 0.2) is 35.5 Å². The van der Waals surface area contributed by atoms with Crippen LogP contribution in [0.5, 0.6) is 0 Å². The quantitative estimate of drug-likeness (QED) is 0.0600. The van der Waals surface area contributed by atoms with E-state index < -0.39 is 54.0 Å². The van der Waals surface area contributed by atoms with Gasteiger partial charge in [0.1, 0.15) is 18.1 Å². The molecule has 12 N–H and O–H groups in total. The van der Waals surface area contributed by atoms with E-state index in [1.54, 1.807) is 6.20 Å². The monoisotopic (exact) mass is 592 g/mol. The fraction of sp³-hybridized carbons (Fsp3) is 0.500. The zero-order valence-corrected chi connectivity index (χ0v) is 23.9. The van der Waals surface area contributed by atoms with Crippen LogP contribution in [0.25, 0.3) is 10.9 Å². The first-order valence-electron chi connectivity index (χ1n) is 13.1. The maximum atomic E-state index is 13.3. The number of thioether (sulfide) groups is 1. The van der Waals surface area contributed by atoms with Gasteiger partial charge in [0, 0.05) is 30.1 Å². The molecule has 14 nitrogen and oxygen atoms in total. The van der Waals surface area contributed by atoms with Gasteiger partial charge in [0.25, 0.3) is 0 Å². The number of nitrogens with one attached hydrogen (secondary N) is 4. The molecule has 3 amide bonds. The third-order valence-electron chi connectivity index (χ3n) is 6.32. The molecule has 226 valence electrons. The van der Waals surface area contributed by atoms with Crippen molar-refractivity contribution in [3.63, 3.8) is 0 Å². The van der Waals surface area contributed by atoms with Crippen LogP contribution in [-0.2, 0) is 25.6 Å². The normalized spacial score (nSPS) is 14.7. The van der Waals surface area contributed by atoms with E-state index in [9.17, 15) is 29.4 Å². The summed E-state index contributed by atoms with van der Waals surface area (Å²) >= 11 is 1.44. The molecule has 5 atom stereocenters. The zero-order valence-electron chi connectivity index (χ0n) is 23.1. The molecule has 0 bridgehead atoms. The number of aliphatic imine (C=N–C) groups is 1. The Morgan fingerprint density at radius 2 is 1.71 bits per heavy atom. The number of amides is 3. The van der Waals surface area contributed by atoms with Crippen molar-refractivity contribution in [1.29, 1.82) is 0 Å². The molecule has 1 aromatic carbocycles. The van der Waals surface area contributed by atoms with Crippen LogP contribution >= 0.6 is 11.8 Å². The second-order valence-corrected chi connectivity index (χ2v) is 10.6. The van der Waals surface area contributed by atoms with Gasteiger partial charge >= 0.3 is 5.97 Å². The van der Waals surface area contributed by atoms with Crippen molar-refractivity contribution in [2.45, 2.75) is 62.9 Å². The SMILES string of the molecule is CSCCC(NC(=O)C(Cc1c[nH]c2ccccc12)NC(=O)C(NC(=O)C(N)CCCN=C(N)N)C(C)O)C(=O)O. The zero-order chi connectivity index (χ0) is 30.5. The number of aliphatic carboxylic acids is 1. The van der Waals surface area contributed by atoms with Crippen LogP contribution in [0.2, 0.25) is 0 Å². The van der Waals surface area contributed by atoms with Gasteiger partial charge in [0.05, 0.1) is 12.1 Å². The number of carbonyl (C=O) groups excluding carboxylic acids is 3. The topological polar surface area (TPSA) is 251 Å². The van der Waals surface area contributed by atoms with E-state index in [2.05, 4.69) is 25.9 Å². The molecular formula is C26H40N8O6S. The van der Waals surface area contributed by atoms with E-state index in [1.807, 2.05) is 30.5 Å². The molecule has 0 spiro atoms. The Kier molecular flexibility index (Phi) is 13.4. The highest BCUT2D eigenvalue weighted by Gasteiger charge is 2.32. The first-order valence-corrected chi connectivity index (χ1v) is 14.5. The number of nitrogens with two attached hydrogens (primary N) is 3. The molecule has 2 rings (SSSR count). The second-order valence-electron chi connectivity index (χ2n) is 9.59. The van der Waals surface area contributed by atoms with E-state index in [-0.39, 0.29) is 31.8 Å². The number of H-pyrrole nitrogens is 1. The van der Waals surface area contributed by atoms with Gasteiger partial charge in [0.15, 0.2) is 5.96 Å². The average Bonchev–Trinajstić information content (AvgIpc) is 3.33. The molecule has 5 unspecified atom stereocenters. The Balaban J connectivity index is 2.22. The second kappa shape index (κ2) is 16.4. The van der Waals surface area contributed by atoms with Gasteiger partial charge in [-0.1, -0.05) is 18.2 Å². The number of carboxylic acids is 1. The number of benzene rings is 1. The molecule has 0 saturated carbocycles. The van der Waals surface area contributed by atoms with Gasteiger partial charge in [-0.15, -0.1) is 0 Å². The number of aliphatic hydroxyl groups is 1. The van der Waals surface area contributed by atoms with Gasteiger partial charge in [-0.25, -0.2) is 4.79 Å². The molecule has 0 aliphatic rings. The summed E-state index contributed by atoms with van der Waals surface area (Å²) < 4.78 is 0. The van der Waals surface area contributed by atoms with Gasteiger partial charge < -0.3 is 48.3 Å². The molecule has 2 aromatic rings. The summed E-state index contributed by atoms with van der Waals surface area (Å²) in [5, 5.41) is 28.3. The van der Waals surface area contributed by atoms with E-state index in [1.165, 1.54) is 18.7 Å². The Hall–Kier alpha value is -3.82. The van der Waals surface area contributed by atoms with E-state index in [4.69, 9.17) is 17.2 Å². The fourth-order valence-electron chi connectivity index (χ4n) is 4.07. The summed E-state index contributed by atoms with van der Waals surface area (Å²) in [6.45, 7) is 1.58. The van der Waals surface area contributed by atoms with Crippen LogP contribution in [0, 0.1) is 0 Å². The predicted octanol–water partition coefficient (Wildman–Crippen LogP) is -1.24. The number of para-hydroxylation sites is 1. The van der Waals surface area contributed by atoms with Gasteiger partial charge in [0.2, 0.25) is 17.7 Å². The molecule has 1 aromatic heterocycles. The Morgan fingerprint density at radius 3 is 2.34 bits per heavy atom. The van der Waals surface area contributed by atoms with Crippen LogP contribution < -0.4 is 33.2 Å². The summed E-state index contributed by atoms with van der Waals surface area (Å²) in [5.41, 5.74) is 18.0. The summed E-state index contributed by atoms with van der Waals surface area (Å²) in [7, 11) is 0. The molecular weight excluding hydrogens is 552 g/mol. The molecule has 0 aliphatic heterocycles. The number of guanidine groups is 1. The van der Waals surface area contributed by atoms with Crippen molar-refractivity contribution in [2.24, 2.45) is 22.2 Å². The first-order chi connectivity index (χ1) is 19.4. The Labute approximate surface area is 242 Å². The predicted molar refractivity (Wildman–Crippen MR) is 158 cm³/mol. The molecule has 41 heavy (non-hydrogen) atoms. The standard InChI is InChI=1S/C26H40N8O6S/c1-14(35)21(34-22(36)17(27)7-5-10-30-26(28)29)24(38)33-20(23(37)32-19(25(39)40)9-11-41-2)12-15-13-31-18-8-4-3-6-16(15)18/h3-4,6,8,13-14,17,19-21,31,35H,5,7,9-12,27H2,1-2H3,(H,32,37)(H,33,38)(H,34,36)(H,39,40)(H4,28,29,30). The molecule has 15 heteroatoms. The lowest BCUT2D eigenvalue weighted by molar-refractivity contribution is -0.142. The number of hydrogen-bond donors (Lipinski definition) is 9. The number of carbonyl (C=O) groups is 4. The lowest BCUT2D eigenvalue weighted by Crippen LogP contribution is -2.60. The Bertz CT molecular complexity index is 1220. The van der Waals surface area contributed by atoms with Crippen LogP contribution in [0.3, 0.4) is 0 Å². The lowest BCUT2D eigenvalue weighted by atomic mass is 10.0. The van der Waals surface area contributed by atoms with Crippen molar-refractivity contribution in [2.75, 3.05) is 18.6 Å². The van der Waals surface area contributed by atoms with Crippen molar-refractivity contribution >= 4 is 52.3 Å². The first kappa shape index (κ1) is 33.4. The number of rotatable bonds is 17. The highest BCUT2D eigenvalue weighted by molar-refractivity contribution is 7.98. The number of fused-ring (bicyclic) bond motifs is 1. The summed E-state index contributed by atoms with van der Waals surface area (Å²) in [6, 6.07) is 2.56. The van der Waals surface area contributed by atoms with Gasteiger partial charge in [-0.05, 0) is 49.8 Å². The number of hydrogen-bond acceptors (Lipinski definition) is 8. The van der Waals surface area contributed by atoms with E-state index in [0.29, 0.717) is 17.7 Å². The number of aromatic nitrogens is 1. The smallest absolute Gasteiger partial charge is 0.326 e. The highest BCUT2D eigenvalue weighted by atomic mass is 32.2. The van der Waals surface area contributed by atoms with Crippen molar-refractivity contribution in [3.8, 4) is 0 Å². The van der Waals surface area contributed by atoms with E-state index in [0.717, 1.165) is 10.9 Å². The number of nitrogens with zero attached hydrogens (tertiary/aromatic N) is 1. The maximum Gasteiger partial charge on any atom is 0.326 e. The minimum Gasteiger partial charge on any atom is -0.480 e. The summed E-state index contributed by atoms with van der Waals surface area (Å²) in [5.74, 6) is -3.02. The van der Waals surface area contributed by atoms with Crippen LogP contribution in [0.1, 0.15) is 31.7 Å². The molecule has 0 aliphatic carbocycles. The minimum absolute atomic E-state index is 0.0151. The lowest BCUT2D eigenvalue weighted by Gasteiger charge is -2.26. The third-order valence-corrected chi connectivity index (χ3v) is 6.97. The van der Waals surface area contributed by atoms with Crippen molar-refractivity contribution < 1.29 is 29.4 Å². The average molecular weight is 593 g/mol. The molecule has 0 saturated heterocycles. The largest absolute Gasteiger partial charge is 0.480 e. The molecule has 1 heterocycles. The third kappa shape index (κ3) is 10.6. The number of aliphatic hydroxyl groups excluding tert-OH is 1. The maximum absolute atomic E-state index is 13.3. The Morgan fingerprint density at radius 1 is 1.02 bits per heavy atom. The van der Waals surface area contributed by atoms with Crippen LogP contribution in [0.4, 0.5) is 0 Å². The molecule has 0 fully saturated rings. The van der Waals surface area contributed by atoms with E-state index >= 15 is 0 Å². The van der Waals surface area contributed by atoms with Crippen molar-refractivity contribution in [3.05, 3.63) is 36.0 Å². The fourth-order valence-corrected chi connectivity index (χ4v) is 4.54. The minimum atomic E-state index is -1.43. The summed E-state index contributed by atoms with van der Waals surface area (Å²) in [4.78, 5) is 58.0. The van der Waals surface area contributed by atoms with Crippen molar-refractivity contribution in [1.82, 2.24) is 20.9 Å². The molecule has 0 radical (unpaired) electrons. The van der Waals surface area contributed by atoms with Gasteiger partial charge in [-0.2, -0.15) is 11.8 Å². The number of aromatic amines is 1. The highest BCUT2D eigenvalue weighted by Crippen LogP contribution is 2.19. The van der Waals surface area contributed by atoms with Gasteiger partial charge in [-0.3, -0.25) is 19.4 Å². The van der Waals surface area contributed by atoms with Crippen LogP contribution in [-0.4, -0.2) is 93.7 Å².